The van der Waals surface area contributed by atoms with E-state index in [0.29, 0.717) is 6.42 Å². The van der Waals surface area contributed by atoms with E-state index >= 15 is 0 Å². The summed E-state index contributed by atoms with van der Waals surface area (Å²) >= 11 is 0. The van der Waals surface area contributed by atoms with Crippen LogP contribution >= 0.6 is 0 Å². The van der Waals surface area contributed by atoms with E-state index in [1.165, 1.54) is 0 Å². The zero-order valence-corrected chi connectivity index (χ0v) is 9.22. The van der Waals surface area contributed by atoms with Gasteiger partial charge in [0.2, 0.25) is 5.91 Å². The van der Waals surface area contributed by atoms with Crippen LogP contribution in [0.5, 0.6) is 0 Å². The molecule has 3 nitrogen and oxygen atoms in total. The Morgan fingerprint density at radius 3 is 2.64 bits per heavy atom. The molecule has 1 fully saturated rings. The summed E-state index contributed by atoms with van der Waals surface area (Å²) in [5.74, 6) is 0.142. The molecule has 1 atom stereocenters. The molecule has 0 aliphatic carbocycles. The SMILES string of the molecule is CC(C)(C)C(=O)C[C@@H]1CCCNC1=O. The van der Waals surface area contributed by atoms with E-state index in [0.717, 1.165) is 19.4 Å². The molecular weight excluding hydrogens is 178 g/mol. The average molecular weight is 197 g/mol. The summed E-state index contributed by atoms with van der Waals surface area (Å²) in [4.78, 5) is 23.1. The van der Waals surface area contributed by atoms with Crippen LogP contribution in [0.1, 0.15) is 40.0 Å². The van der Waals surface area contributed by atoms with Gasteiger partial charge in [0.1, 0.15) is 5.78 Å². The molecule has 0 aromatic carbocycles. The molecule has 0 saturated carbocycles. The highest BCUT2D eigenvalue weighted by atomic mass is 16.2. The summed E-state index contributed by atoms with van der Waals surface area (Å²) in [5, 5.41) is 2.80. The third kappa shape index (κ3) is 2.82. The van der Waals surface area contributed by atoms with Crippen LogP contribution in [0.3, 0.4) is 0 Å². The molecule has 0 radical (unpaired) electrons. The van der Waals surface area contributed by atoms with Crippen molar-refractivity contribution < 1.29 is 9.59 Å². The second-order valence-corrected chi connectivity index (χ2v) is 5.01. The molecule has 0 spiro atoms. The van der Waals surface area contributed by atoms with Gasteiger partial charge in [-0.1, -0.05) is 20.8 Å². The van der Waals surface area contributed by atoms with Crippen molar-refractivity contribution in [1.29, 1.82) is 0 Å². The maximum Gasteiger partial charge on any atom is 0.223 e. The second-order valence-electron chi connectivity index (χ2n) is 5.01. The van der Waals surface area contributed by atoms with E-state index in [1.807, 2.05) is 20.8 Å². The Morgan fingerprint density at radius 2 is 2.14 bits per heavy atom. The minimum absolute atomic E-state index is 0.0499. The van der Waals surface area contributed by atoms with Crippen LogP contribution in [0.4, 0.5) is 0 Å². The molecular formula is C11H19NO2. The zero-order chi connectivity index (χ0) is 10.8. The van der Waals surface area contributed by atoms with Crippen molar-refractivity contribution in [1.82, 2.24) is 5.32 Å². The van der Waals surface area contributed by atoms with Gasteiger partial charge >= 0.3 is 0 Å². The minimum atomic E-state index is -0.322. The molecule has 1 N–H and O–H groups in total. The number of hydrogen-bond acceptors (Lipinski definition) is 2. The Morgan fingerprint density at radius 1 is 1.50 bits per heavy atom. The highest BCUT2D eigenvalue weighted by Crippen LogP contribution is 2.23. The Labute approximate surface area is 85.3 Å². The molecule has 0 unspecified atom stereocenters. The number of carbonyl (C=O) groups excluding carboxylic acids is 2. The van der Waals surface area contributed by atoms with Crippen molar-refractivity contribution in [2.75, 3.05) is 6.54 Å². The first kappa shape index (κ1) is 11.2. The lowest BCUT2D eigenvalue weighted by Gasteiger charge is -2.24. The topological polar surface area (TPSA) is 46.2 Å². The predicted molar refractivity (Wildman–Crippen MR) is 54.8 cm³/mol. The van der Waals surface area contributed by atoms with Gasteiger partial charge in [-0.15, -0.1) is 0 Å². The Balaban J connectivity index is 2.51. The molecule has 0 aromatic rings. The molecule has 1 aliphatic rings. The lowest BCUT2D eigenvalue weighted by Crippen LogP contribution is -2.38. The predicted octanol–water partition coefficient (Wildman–Crippen LogP) is 1.52. The van der Waals surface area contributed by atoms with E-state index in [1.54, 1.807) is 0 Å². The normalized spacial score (nSPS) is 23.1. The fourth-order valence-electron chi connectivity index (χ4n) is 1.56. The first-order chi connectivity index (χ1) is 6.41. The third-order valence-electron chi connectivity index (χ3n) is 2.67. The van der Waals surface area contributed by atoms with E-state index in [4.69, 9.17) is 0 Å². The fraction of sp³-hybridized carbons (Fsp3) is 0.818. The summed E-state index contributed by atoms with van der Waals surface area (Å²) in [6.07, 6.45) is 2.25. The molecule has 1 heterocycles. The van der Waals surface area contributed by atoms with Gasteiger partial charge in [-0.2, -0.15) is 0 Å². The Kier molecular flexibility index (Phi) is 3.29. The van der Waals surface area contributed by atoms with E-state index in [-0.39, 0.29) is 23.0 Å². The monoisotopic (exact) mass is 197 g/mol. The maximum atomic E-state index is 11.7. The number of Topliss-reactive ketones (excluding diaryl/α,β-unsaturated/α-hetero) is 1. The van der Waals surface area contributed by atoms with Crippen LogP contribution in [0.25, 0.3) is 0 Å². The van der Waals surface area contributed by atoms with Crippen molar-refractivity contribution >= 4 is 11.7 Å². The average Bonchev–Trinajstić information content (AvgIpc) is 2.07. The molecule has 80 valence electrons. The number of piperidine rings is 1. The molecule has 1 amide bonds. The number of ketones is 1. The van der Waals surface area contributed by atoms with Crippen molar-refractivity contribution in [3.05, 3.63) is 0 Å². The second kappa shape index (κ2) is 4.11. The van der Waals surface area contributed by atoms with Crippen molar-refractivity contribution in [3.63, 3.8) is 0 Å². The summed E-state index contributed by atoms with van der Waals surface area (Å²) in [7, 11) is 0. The smallest absolute Gasteiger partial charge is 0.223 e. The summed E-state index contributed by atoms with van der Waals surface area (Å²) in [6.45, 7) is 6.46. The van der Waals surface area contributed by atoms with Crippen LogP contribution < -0.4 is 5.32 Å². The summed E-state index contributed by atoms with van der Waals surface area (Å²) in [6, 6.07) is 0. The summed E-state index contributed by atoms with van der Waals surface area (Å²) in [5.41, 5.74) is -0.322. The number of carbonyl (C=O) groups is 2. The fourth-order valence-corrected chi connectivity index (χ4v) is 1.56. The van der Waals surface area contributed by atoms with Crippen molar-refractivity contribution in [3.8, 4) is 0 Å². The summed E-state index contributed by atoms with van der Waals surface area (Å²) < 4.78 is 0. The van der Waals surface area contributed by atoms with Gasteiger partial charge in [0.15, 0.2) is 0 Å². The van der Waals surface area contributed by atoms with E-state index in [2.05, 4.69) is 5.32 Å². The van der Waals surface area contributed by atoms with Crippen molar-refractivity contribution in [2.24, 2.45) is 11.3 Å². The lowest BCUT2D eigenvalue weighted by atomic mass is 9.83. The van der Waals surface area contributed by atoms with Crippen LogP contribution in [0.2, 0.25) is 0 Å². The van der Waals surface area contributed by atoms with Gasteiger partial charge in [0, 0.05) is 24.3 Å². The van der Waals surface area contributed by atoms with Crippen LogP contribution in [-0.2, 0) is 9.59 Å². The van der Waals surface area contributed by atoms with Crippen LogP contribution in [-0.4, -0.2) is 18.2 Å². The van der Waals surface area contributed by atoms with Crippen LogP contribution in [0, 0.1) is 11.3 Å². The number of hydrogen-bond donors (Lipinski definition) is 1. The number of rotatable bonds is 2. The van der Waals surface area contributed by atoms with Gasteiger partial charge in [-0.05, 0) is 12.8 Å². The standard InChI is InChI=1S/C11H19NO2/c1-11(2,3)9(13)7-8-5-4-6-12-10(8)14/h8H,4-7H2,1-3H3,(H,12,14)/t8-/m0/s1. The number of nitrogens with one attached hydrogen (secondary N) is 1. The molecule has 0 bridgehead atoms. The van der Waals surface area contributed by atoms with Crippen LogP contribution in [0.15, 0.2) is 0 Å². The zero-order valence-electron chi connectivity index (χ0n) is 9.22. The largest absolute Gasteiger partial charge is 0.356 e. The maximum absolute atomic E-state index is 11.7. The lowest BCUT2D eigenvalue weighted by molar-refractivity contribution is -0.134. The molecule has 1 aliphatic heterocycles. The van der Waals surface area contributed by atoms with Gasteiger partial charge in [-0.3, -0.25) is 9.59 Å². The molecule has 14 heavy (non-hydrogen) atoms. The van der Waals surface area contributed by atoms with Gasteiger partial charge < -0.3 is 5.32 Å². The quantitative estimate of drug-likeness (QED) is 0.729. The molecule has 1 rings (SSSR count). The highest BCUT2D eigenvalue weighted by molar-refractivity contribution is 5.89. The highest BCUT2D eigenvalue weighted by Gasteiger charge is 2.29. The van der Waals surface area contributed by atoms with Gasteiger partial charge in [0.05, 0.1) is 0 Å². The van der Waals surface area contributed by atoms with Crippen molar-refractivity contribution in [2.45, 2.75) is 40.0 Å². The Bertz CT molecular complexity index is 240. The Hall–Kier alpha value is -0.860. The minimum Gasteiger partial charge on any atom is -0.356 e. The van der Waals surface area contributed by atoms with Gasteiger partial charge in [0.25, 0.3) is 0 Å². The first-order valence-corrected chi connectivity index (χ1v) is 5.22. The van der Waals surface area contributed by atoms with Gasteiger partial charge in [-0.25, -0.2) is 0 Å². The third-order valence-corrected chi connectivity index (χ3v) is 2.67. The van der Waals surface area contributed by atoms with E-state index in [9.17, 15) is 9.59 Å². The molecule has 0 aromatic heterocycles. The molecule has 1 saturated heterocycles. The molecule has 3 heteroatoms. The van der Waals surface area contributed by atoms with E-state index < -0.39 is 0 Å². The number of amides is 1. The first-order valence-electron chi connectivity index (χ1n) is 5.22.